The van der Waals surface area contributed by atoms with Gasteiger partial charge in [-0.05, 0) is 56.2 Å². The van der Waals surface area contributed by atoms with Crippen molar-refractivity contribution < 1.29 is 14.3 Å². The number of carbonyl (C=O) groups excluding carboxylic acids is 1. The minimum atomic E-state index is -0.130. The predicted octanol–water partition coefficient (Wildman–Crippen LogP) is 4.56. The van der Waals surface area contributed by atoms with Crippen LogP contribution in [0.5, 0.6) is 11.5 Å². The van der Waals surface area contributed by atoms with Crippen LogP contribution < -0.4 is 14.8 Å². The summed E-state index contributed by atoms with van der Waals surface area (Å²) in [6.45, 7) is 6.95. The highest BCUT2D eigenvalue weighted by atomic mass is 35.5. The van der Waals surface area contributed by atoms with Crippen LogP contribution in [0.25, 0.3) is 0 Å². The van der Waals surface area contributed by atoms with Crippen molar-refractivity contribution in [2.24, 2.45) is 0 Å². The number of hydrogen-bond donors (Lipinski definition) is 1. The summed E-state index contributed by atoms with van der Waals surface area (Å²) in [7, 11) is 0. The van der Waals surface area contributed by atoms with Crippen molar-refractivity contribution in [3.05, 3.63) is 58.6 Å². The van der Waals surface area contributed by atoms with E-state index in [-0.39, 0.29) is 11.9 Å². The number of hydrogen-bond acceptors (Lipinski definition) is 3. The van der Waals surface area contributed by atoms with E-state index in [1.807, 2.05) is 51.1 Å². The van der Waals surface area contributed by atoms with Gasteiger partial charge in [0.05, 0.1) is 25.7 Å². The second-order valence-corrected chi connectivity index (χ2v) is 6.10. The van der Waals surface area contributed by atoms with E-state index < -0.39 is 0 Å². The first-order chi connectivity index (χ1) is 12.0. The third-order valence-electron chi connectivity index (χ3n) is 3.72. The summed E-state index contributed by atoms with van der Waals surface area (Å²) in [6.07, 6.45) is 0.316. The van der Waals surface area contributed by atoms with Crippen molar-refractivity contribution in [3.63, 3.8) is 0 Å². The Kier molecular flexibility index (Phi) is 7.14. The number of benzene rings is 2. The van der Waals surface area contributed by atoms with Crippen LogP contribution in [0, 0.1) is 0 Å². The van der Waals surface area contributed by atoms with Crippen LogP contribution in [0.15, 0.2) is 42.5 Å². The maximum absolute atomic E-state index is 12.3. The molecule has 1 N–H and O–H groups in total. The van der Waals surface area contributed by atoms with Gasteiger partial charge in [0, 0.05) is 5.02 Å². The molecule has 1 unspecified atom stereocenters. The fraction of sp³-hybridized carbons (Fsp3) is 0.350. The van der Waals surface area contributed by atoms with Gasteiger partial charge in [-0.2, -0.15) is 0 Å². The van der Waals surface area contributed by atoms with E-state index in [4.69, 9.17) is 21.1 Å². The third kappa shape index (κ3) is 5.68. The zero-order valence-corrected chi connectivity index (χ0v) is 15.6. The Morgan fingerprint density at radius 3 is 2.32 bits per heavy atom. The molecule has 2 rings (SSSR count). The Bertz CT molecular complexity index is 701. The van der Waals surface area contributed by atoms with Crippen LogP contribution in [0.1, 0.15) is 37.9 Å². The highest BCUT2D eigenvalue weighted by molar-refractivity contribution is 6.30. The van der Waals surface area contributed by atoms with Gasteiger partial charge in [-0.25, -0.2) is 0 Å². The van der Waals surface area contributed by atoms with Crippen molar-refractivity contribution in [1.82, 2.24) is 5.32 Å². The van der Waals surface area contributed by atoms with Gasteiger partial charge in [-0.1, -0.05) is 29.8 Å². The maximum atomic E-state index is 12.3. The van der Waals surface area contributed by atoms with Gasteiger partial charge >= 0.3 is 0 Å². The van der Waals surface area contributed by atoms with Crippen molar-refractivity contribution in [2.75, 3.05) is 13.2 Å². The van der Waals surface area contributed by atoms with Crippen molar-refractivity contribution in [1.29, 1.82) is 0 Å². The molecule has 2 aromatic carbocycles. The van der Waals surface area contributed by atoms with Crippen molar-refractivity contribution in [3.8, 4) is 11.5 Å². The fourth-order valence-corrected chi connectivity index (χ4v) is 2.63. The average Bonchev–Trinajstić information content (AvgIpc) is 2.59. The molecule has 1 amide bonds. The molecular formula is C20H24ClNO3. The Morgan fingerprint density at radius 2 is 1.68 bits per heavy atom. The molecule has 2 aromatic rings. The van der Waals surface area contributed by atoms with Gasteiger partial charge < -0.3 is 14.8 Å². The van der Waals surface area contributed by atoms with E-state index in [2.05, 4.69) is 5.32 Å². The smallest absolute Gasteiger partial charge is 0.224 e. The first kappa shape index (κ1) is 19.1. The van der Waals surface area contributed by atoms with Gasteiger partial charge in [0.2, 0.25) is 5.91 Å². The number of nitrogens with one attached hydrogen (secondary N) is 1. The summed E-state index contributed by atoms with van der Waals surface area (Å²) in [4.78, 5) is 12.3. The lowest BCUT2D eigenvalue weighted by Crippen LogP contribution is -2.28. The Labute approximate surface area is 154 Å². The minimum Gasteiger partial charge on any atom is -0.490 e. The van der Waals surface area contributed by atoms with Crippen LogP contribution in [-0.2, 0) is 11.2 Å². The number of amides is 1. The van der Waals surface area contributed by atoms with Gasteiger partial charge in [-0.3, -0.25) is 4.79 Å². The molecular weight excluding hydrogens is 338 g/mol. The normalized spacial score (nSPS) is 11.7. The maximum Gasteiger partial charge on any atom is 0.224 e. The first-order valence-electron chi connectivity index (χ1n) is 8.46. The standard InChI is InChI=1S/C20H24ClNO3/c1-4-24-18-11-8-16(13-19(18)25-5-2)14(3)22-20(23)12-15-6-9-17(21)10-7-15/h6-11,13-14H,4-5,12H2,1-3H3,(H,22,23). The lowest BCUT2D eigenvalue weighted by atomic mass is 10.1. The van der Waals surface area contributed by atoms with Crippen LogP contribution in [0.3, 0.4) is 0 Å². The summed E-state index contributed by atoms with van der Waals surface area (Å²) >= 11 is 5.87. The molecule has 0 saturated heterocycles. The largest absolute Gasteiger partial charge is 0.490 e. The zero-order chi connectivity index (χ0) is 18.2. The third-order valence-corrected chi connectivity index (χ3v) is 3.97. The van der Waals surface area contributed by atoms with Gasteiger partial charge in [0.25, 0.3) is 0 Å². The molecule has 25 heavy (non-hydrogen) atoms. The molecule has 0 aromatic heterocycles. The highest BCUT2D eigenvalue weighted by Crippen LogP contribution is 2.30. The molecule has 0 spiro atoms. The van der Waals surface area contributed by atoms with E-state index in [0.717, 1.165) is 11.1 Å². The molecule has 0 aliphatic carbocycles. The minimum absolute atomic E-state index is 0.0401. The Hall–Kier alpha value is -2.20. The molecule has 0 fully saturated rings. The van der Waals surface area contributed by atoms with Crippen LogP contribution >= 0.6 is 11.6 Å². The summed E-state index contributed by atoms with van der Waals surface area (Å²) in [5.74, 6) is 1.37. The number of halogens is 1. The van der Waals surface area contributed by atoms with E-state index in [1.54, 1.807) is 12.1 Å². The van der Waals surface area contributed by atoms with E-state index >= 15 is 0 Å². The zero-order valence-electron chi connectivity index (χ0n) is 14.8. The SMILES string of the molecule is CCOc1ccc(C(C)NC(=O)Cc2ccc(Cl)cc2)cc1OCC. The predicted molar refractivity (Wildman–Crippen MR) is 100 cm³/mol. The fourth-order valence-electron chi connectivity index (χ4n) is 2.50. The van der Waals surface area contributed by atoms with Crippen LogP contribution in [-0.4, -0.2) is 19.1 Å². The summed E-state index contributed by atoms with van der Waals surface area (Å²) in [6, 6.07) is 12.9. The van der Waals surface area contributed by atoms with Gasteiger partial charge in [0.1, 0.15) is 0 Å². The molecule has 0 aliphatic rings. The van der Waals surface area contributed by atoms with E-state index in [1.165, 1.54) is 0 Å². The Morgan fingerprint density at radius 1 is 1.04 bits per heavy atom. The van der Waals surface area contributed by atoms with Crippen LogP contribution in [0.2, 0.25) is 5.02 Å². The van der Waals surface area contributed by atoms with E-state index in [0.29, 0.717) is 36.2 Å². The number of rotatable bonds is 8. The average molecular weight is 362 g/mol. The number of carbonyl (C=O) groups is 1. The highest BCUT2D eigenvalue weighted by Gasteiger charge is 2.13. The quantitative estimate of drug-likeness (QED) is 0.749. The summed E-state index contributed by atoms with van der Waals surface area (Å²) < 4.78 is 11.2. The van der Waals surface area contributed by atoms with Gasteiger partial charge in [0.15, 0.2) is 11.5 Å². The van der Waals surface area contributed by atoms with Crippen molar-refractivity contribution >= 4 is 17.5 Å². The second kappa shape index (κ2) is 9.33. The monoisotopic (exact) mass is 361 g/mol. The topological polar surface area (TPSA) is 47.6 Å². The molecule has 4 nitrogen and oxygen atoms in total. The number of ether oxygens (including phenoxy) is 2. The van der Waals surface area contributed by atoms with Gasteiger partial charge in [-0.15, -0.1) is 0 Å². The molecule has 0 saturated carbocycles. The summed E-state index contributed by atoms with van der Waals surface area (Å²) in [5, 5.41) is 3.67. The summed E-state index contributed by atoms with van der Waals surface area (Å²) in [5.41, 5.74) is 1.90. The molecule has 5 heteroatoms. The molecule has 134 valence electrons. The Balaban J connectivity index is 2.03. The lowest BCUT2D eigenvalue weighted by molar-refractivity contribution is -0.121. The molecule has 0 radical (unpaired) electrons. The van der Waals surface area contributed by atoms with Crippen molar-refractivity contribution in [2.45, 2.75) is 33.2 Å². The lowest BCUT2D eigenvalue weighted by Gasteiger charge is -2.17. The molecule has 0 bridgehead atoms. The molecule has 1 atom stereocenters. The molecule has 0 aliphatic heterocycles. The van der Waals surface area contributed by atoms with E-state index in [9.17, 15) is 4.79 Å². The first-order valence-corrected chi connectivity index (χ1v) is 8.84. The molecule has 0 heterocycles. The van der Waals surface area contributed by atoms with Crippen LogP contribution in [0.4, 0.5) is 0 Å². The second-order valence-electron chi connectivity index (χ2n) is 5.66.